The van der Waals surface area contributed by atoms with Crippen molar-refractivity contribution >= 4 is 39.4 Å². The number of esters is 1. The van der Waals surface area contributed by atoms with Crippen LogP contribution < -0.4 is 10.6 Å². The van der Waals surface area contributed by atoms with E-state index in [1.807, 2.05) is 24.3 Å². The topological polar surface area (TPSA) is 84.5 Å². The highest BCUT2D eigenvalue weighted by Crippen LogP contribution is 2.13. The minimum Gasteiger partial charge on any atom is -0.468 e. The molecule has 0 heterocycles. The van der Waals surface area contributed by atoms with Gasteiger partial charge in [0.15, 0.2) is 0 Å². The molecule has 0 spiro atoms. The van der Waals surface area contributed by atoms with E-state index < -0.39 is 11.9 Å². The number of ether oxygens (including phenoxy) is 1. The standard InChI is InChI=1S/C18H17BrN2O4/c1-25-17(23)11-20-18(24)13-3-2-4-15(10-13)21-16(22)9-12-5-7-14(19)8-6-12/h2-8,10H,9,11H2,1H3,(H,20,24)(H,21,22). The Morgan fingerprint density at radius 2 is 1.80 bits per heavy atom. The second-order valence-corrected chi connectivity index (χ2v) is 6.11. The zero-order valence-electron chi connectivity index (χ0n) is 13.5. The van der Waals surface area contributed by atoms with Crippen LogP contribution in [0.2, 0.25) is 0 Å². The molecular formula is C18H17BrN2O4. The molecule has 0 aromatic heterocycles. The van der Waals surface area contributed by atoms with Crippen LogP contribution in [-0.4, -0.2) is 31.4 Å². The van der Waals surface area contributed by atoms with E-state index in [1.165, 1.54) is 7.11 Å². The first-order chi connectivity index (χ1) is 12.0. The van der Waals surface area contributed by atoms with Crippen molar-refractivity contribution in [2.24, 2.45) is 0 Å². The first kappa shape index (κ1) is 18.7. The molecule has 2 rings (SSSR count). The SMILES string of the molecule is COC(=O)CNC(=O)c1cccc(NC(=O)Cc2ccc(Br)cc2)c1. The highest BCUT2D eigenvalue weighted by atomic mass is 79.9. The second-order valence-electron chi connectivity index (χ2n) is 5.19. The van der Waals surface area contributed by atoms with Gasteiger partial charge in [-0.05, 0) is 35.9 Å². The predicted octanol–water partition coefficient (Wildman–Crippen LogP) is 2.53. The lowest BCUT2D eigenvalue weighted by Crippen LogP contribution is -2.30. The molecule has 2 aromatic rings. The molecule has 0 unspecified atom stereocenters. The molecule has 0 saturated heterocycles. The Morgan fingerprint density at radius 1 is 1.08 bits per heavy atom. The van der Waals surface area contributed by atoms with Gasteiger partial charge in [-0.3, -0.25) is 14.4 Å². The summed E-state index contributed by atoms with van der Waals surface area (Å²) in [4.78, 5) is 35.2. The summed E-state index contributed by atoms with van der Waals surface area (Å²) in [5.74, 6) is -1.14. The van der Waals surface area contributed by atoms with E-state index in [-0.39, 0.29) is 18.9 Å². The number of carbonyl (C=O) groups excluding carboxylic acids is 3. The van der Waals surface area contributed by atoms with Crippen LogP contribution in [0.25, 0.3) is 0 Å². The first-order valence-electron chi connectivity index (χ1n) is 7.47. The molecule has 25 heavy (non-hydrogen) atoms. The summed E-state index contributed by atoms with van der Waals surface area (Å²) in [7, 11) is 1.25. The zero-order chi connectivity index (χ0) is 18.2. The Hall–Kier alpha value is -2.67. The number of methoxy groups -OCH3 is 1. The Balaban J connectivity index is 1.96. The maximum Gasteiger partial charge on any atom is 0.325 e. The summed E-state index contributed by atoms with van der Waals surface area (Å²) in [6, 6.07) is 14.0. The zero-order valence-corrected chi connectivity index (χ0v) is 15.1. The van der Waals surface area contributed by atoms with Crippen molar-refractivity contribution in [1.82, 2.24) is 5.32 Å². The maximum absolute atomic E-state index is 12.1. The van der Waals surface area contributed by atoms with Crippen LogP contribution in [-0.2, 0) is 20.7 Å². The molecule has 2 aromatic carbocycles. The van der Waals surface area contributed by atoms with Crippen LogP contribution >= 0.6 is 15.9 Å². The molecule has 7 heteroatoms. The third-order valence-corrected chi connectivity index (χ3v) is 3.84. The van der Waals surface area contributed by atoms with Crippen molar-refractivity contribution in [2.75, 3.05) is 19.0 Å². The average Bonchev–Trinajstić information content (AvgIpc) is 2.61. The van der Waals surface area contributed by atoms with Crippen molar-refractivity contribution in [3.8, 4) is 0 Å². The number of hydrogen-bond donors (Lipinski definition) is 2. The van der Waals surface area contributed by atoms with Gasteiger partial charge in [0.1, 0.15) is 6.54 Å². The summed E-state index contributed by atoms with van der Waals surface area (Å²) >= 11 is 3.35. The van der Waals surface area contributed by atoms with Crippen molar-refractivity contribution in [3.63, 3.8) is 0 Å². The van der Waals surface area contributed by atoms with Crippen LogP contribution in [0.1, 0.15) is 15.9 Å². The molecule has 6 nitrogen and oxygen atoms in total. The first-order valence-corrected chi connectivity index (χ1v) is 8.26. The van der Waals surface area contributed by atoms with Crippen molar-refractivity contribution in [1.29, 1.82) is 0 Å². The largest absolute Gasteiger partial charge is 0.468 e. The number of anilines is 1. The van der Waals surface area contributed by atoms with E-state index in [9.17, 15) is 14.4 Å². The van der Waals surface area contributed by atoms with E-state index in [0.717, 1.165) is 10.0 Å². The van der Waals surface area contributed by atoms with Gasteiger partial charge in [-0.2, -0.15) is 0 Å². The van der Waals surface area contributed by atoms with Gasteiger partial charge in [0.2, 0.25) is 5.91 Å². The minimum atomic E-state index is -0.535. The van der Waals surface area contributed by atoms with Crippen molar-refractivity contribution in [2.45, 2.75) is 6.42 Å². The van der Waals surface area contributed by atoms with Gasteiger partial charge in [0.05, 0.1) is 13.5 Å². The van der Waals surface area contributed by atoms with Crippen LogP contribution in [0.15, 0.2) is 53.0 Å². The molecule has 0 atom stereocenters. The summed E-state index contributed by atoms with van der Waals surface area (Å²) in [6.45, 7) is -0.213. The molecule has 0 saturated carbocycles. The maximum atomic E-state index is 12.1. The molecule has 0 fully saturated rings. The molecule has 0 aliphatic heterocycles. The number of benzene rings is 2. The van der Waals surface area contributed by atoms with E-state index in [4.69, 9.17) is 0 Å². The Kier molecular flexibility index (Phi) is 6.71. The van der Waals surface area contributed by atoms with Gasteiger partial charge in [0, 0.05) is 15.7 Å². The lowest BCUT2D eigenvalue weighted by Gasteiger charge is -2.08. The Labute approximate surface area is 153 Å². The molecule has 0 bridgehead atoms. The van der Waals surface area contributed by atoms with E-state index in [0.29, 0.717) is 11.3 Å². The molecule has 0 aliphatic carbocycles. The average molecular weight is 405 g/mol. The van der Waals surface area contributed by atoms with E-state index >= 15 is 0 Å². The predicted molar refractivity (Wildman–Crippen MR) is 97.3 cm³/mol. The van der Waals surface area contributed by atoms with Crippen LogP contribution in [0.4, 0.5) is 5.69 Å². The van der Waals surface area contributed by atoms with Crippen molar-refractivity contribution < 1.29 is 19.1 Å². The fourth-order valence-electron chi connectivity index (χ4n) is 2.06. The minimum absolute atomic E-state index is 0.186. The molecule has 2 N–H and O–H groups in total. The third kappa shape index (κ3) is 6.04. The lowest BCUT2D eigenvalue weighted by molar-refractivity contribution is -0.139. The normalized spacial score (nSPS) is 10.0. The van der Waals surface area contributed by atoms with Gasteiger partial charge in [-0.1, -0.05) is 34.1 Å². The smallest absolute Gasteiger partial charge is 0.325 e. The summed E-state index contributed by atoms with van der Waals surface area (Å²) in [5, 5.41) is 5.20. The summed E-state index contributed by atoms with van der Waals surface area (Å²) in [6.07, 6.45) is 0.228. The number of carbonyl (C=O) groups is 3. The van der Waals surface area contributed by atoms with Crippen LogP contribution in [0.3, 0.4) is 0 Å². The van der Waals surface area contributed by atoms with E-state index in [1.54, 1.807) is 24.3 Å². The number of hydrogen-bond acceptors (Lipinski definition) is 4. The van der Waals surface area contributed by atoms with E-state index in [2.05, 4.69) is 31.3 Å². The molecule has 130 valence electrons. The lowest BCUT2D eigenvalue weighted by atomic mass is 10.1. The quantitative estimate of drug-likeness (QED) is 0.724. The van der Waals surface area contributed by atoms with Crippen molar-refractivity contribution in [3.05, 3.63) is 64.1 Å². The molecule has 0 aliphatic rings. The van der Waals surface area contributed by atoms with Gasteiger partial charge in [0.25, 0.3) is 5.91 Å². The molecule has 0 radical (unpaired) electrons. The fourth-order valence-corrected chi connectivity index (χ4v) is 2.32. The van der Waals surface area contributed by atoms with Gasteiger partial charge >= 0.3 is 5.97 Å². The van der Waals surface area contributed by atoms with Crippen LogP contribution in [0.5, 0.6) is 0 Å². The van der Waals surface area contributed by atoms with Gasteiger partial charge in [-0.15, -0.1) is 0 Å². The molecule has 2 amide bonds. The number of halogens is 1. The highest BCUT2D eigenvalue weighted by Gasteiger charge is 2.10. The molecular weight excluding hydrogens is 388 g/mol. The number of amides is 2. The highest BCUT2D eigenvalue weighted by molar-refractivity contribution is 9.10. The number of nitrogens with one attached hydrogen (secondary N) is 2. The Bertz CT molecular complexity index is 775. The summed E-state index contributed by atoms with van der Waals surface area (Å²) < 4.78 is 5.41. The Morgan fingerprint density at radius 3 is 2.48 bits per heavy atom. The van der Waals surface area contributed by atoms with Crippen LogP contribution in [0, 0.1) is 0 Å². The summed E-state index contributed by atoms with van der Waals surface area (Å²) in [5.41, 5.74) is 1.73. The number of rotatable bonds is 6. The second kappa shape index (κ2) is 8.98. The van der Waals surface area contributed by atoms with Gasteiger partial charge in [-0.25, -0.2) is 0 Å². The monoisotopic (exact) mass is 404 g/mol. The fraction of sp³-hybridized carbons (Fsp3) is 0.167. The van der Waals surface area contributed by atoms with Gasteiger partial charge < -0.3 is 15.4 Å². The third-order valence-electron chi connectivity index (χ3n) is 3.31.